The number of rotatable bonds is 4. The summed E-state index contributed by atoms with van der Waals surface area (Å²) in [5, 5.41) is 0. The Morgan fingerprint density at radius 2 is 1.94 bits per heavy atom. The summed E-state index contributed by atoms with van der Waals surface area (Å²) in [5.41, 5.74) is 7.14. The quantitative estimate of drug-likeness (QED) is 0.801. The lowest BCUT2D eigenvalue weighted by Gasteiger charge is -2.29. The molecule has 2 N–H and O–H groups in total. The van der Waals surface area contributed by atoms with Gasteiger partial charge in [0.15, 0.2) is 0 Å². The van der Waals surface area contributed by atoms with E-state index in [1.807, 2.05) is 43.1 Å². The standard InChI is InChI=1S/C13H20N2O2/c1-10-5-7-11(8-6-10)15(3)9-13(2,14)12(16)17-4/h5-8H,9,14H2,1-4H3. The molecule has 4 nitrogen and oxygen atoms in total. The summed E-state index contributed by atoms with van der Waals surface area (Å²) in [6.45, 7) is 4.11. The Balaban J connectivity index is 2.75. The molecule has 4 heteroatoms. The zero-order valence-corrected chi connectivity index (χ0v) is 10.9. The number of nitrogens with two attached hydrogens (primary N) is 1. The molecule has 1 aromatic rings. The van der Waals surface area contributed by atoms with Gasteiger partial charge in [0.25, 0.3) is 0 Å². The number of aryl methyl sites for hydroxylation is 1. The predicted molar refractivity (Wildman–Crippen MR) is 69.1 cm³/mol. The average Bonchev–Trinajstić information content (AvgIpc) is 2.28. The molecule has 0 radical (unpaired) electrons. The van der Waals surface area contributed by atoms with Crippen molar-refractivity contribution >= 4 is 11.7 Å². The number of hydrogen-bond donors (Lipinski definition) is 1. The first-order valence-corrected chi connectivity index (χ1v) is 5.52. The molecular weight excluding hydrogens is 216 g/mol. The molecule has 1 unspecified atom stereocenters. The Labute approximate surface area is 102 Å². The molecular formula is C13H20N2O2. The molecule has 17 heavy (non-hydrogen) atoms. The number of hydrogen-bond acceptors (Lipinski definition) is 4. The molecule has 1 aromatic carbocycles. The van der Waals surface area contributed by atoms with Crippen LogP contribution in [0.1, 0.15) is 12.5 Å². The molecule has 0 heterocycles. The fourth-order valence-electron chi connectivity index (χ4n) is 1.68. The number of methoxy groups -OCH3 is 1. The van der Waals surface area contributed by atoms with E-state index in [9.17, 15) is 4.79 Å². The summed E-state index contributed by atoms with van der Waals surface area (Å²) in [6.07, 6.45) is 0. The number of nitrogens with zero attached hydrogens (tertiary/aromatic N) is 1. The van der Waals surface area contributed by atoms with Crippen molar-refractivity contribution in [1.82, 2.24) is 0 Å². The highest BCUT2D eigenvalue weighted by Gasteiger charge is 2.31. The van der Waals surface area contributed by atoms with E-state index in [-0.39, 0.29) is 0 Å². The van der Waals surface area contributed by atoms with Gasteiger partial charge in [0.1, 0.15) is 5.54 Å². The van der Waals surface area contributed by atoms with Crippen molar-refractivity contribution < 1.29 is 9.53 Å². The number of benzene rings is 1. The van der Waals surface area contributed by atoms with Crippen molar-refractivity contribution in [2.75, 3.05) is 25.6 Å². The number of carbonyl (C=O) groups excluding carboxylic acids is 1. The number of likely N-dealkylation sites (N-methyl/N-ethyl adjacent to an activating group) is 1. The monoisotopic (exact) mass is 236 g/mol. The first kappa shape index (κ1) is 13.5. The molecule has 0 aromatic heterocycles. The van der Waals surface area contributed by atoms with E-state index < -0.39 is 11.5 Å². The van der Waals surface area contributed by atoms with Crippen molar-refractivity contribution in [3.8, 4) is 0 Å². The molecule has 1 rings (SSSR count). The van der Waals surface area contributed by atoms with Gasteiger partial charge in [0, 0.05) is 19.3 Å². The zero-order chi connectivity index (χ0) is 13.1. The highest BCUT2D eigenvalue weighted by atomic mass is 16.5. The van der Waals surface area contributed by atoms with E-state index in [0.29, 0.717) is 6.54 Å². The minimum absolute atomic E-state index is 0.405. The second-order valence-corrected chi connectivity index (χ2v) is 4.60. The zero-order valence-electron chi connectivity index (χ0n) is 10.9. The maximum atomic E-state index is 11.5. The SMILES string of the molecule is COC(=O)C(C)(N)CN(C)c1ccc(C)cc1. The van der Waals surface area contributed by atoms with Gasteiger partial charge in [-0.2, -0.15) is 0 Å². The molecule has 0 saturated carbocycles. The Kier molecular flexibility index (Phi) is 4.12. The summed E-state index contributed by atoms with van der Waals surface area (Å²) in [7, 11) is 3.25. The van der Waals surface area contributed by atoms with Crippen LogP contribution >= 0.6 is 0 Å². The Hall–Kier alpha value is -1.55. The second kappa shape index (κ2) is 5.19. The van der Waals surface area contributed by atoms with Gasteiger partial charge in [0.2, 0.25) is 0 Å². The first-order chi connectivity index (χ1) is 7.86. The lowest BCUT2D eigenvalue weighted by molar-refractivity contribution is -0.145. The summed E-state index contributed by atoms with van der Waals surface area (Å²) < 4.78 is 4.68. The van der Waals surface area contributed by atoms with Crippen LogP contribution < -0.4 is 10.6 Å². The molecule has 0 spiro atoms. The van der Waals surface area contributed by atoms with Gasteiger partial charge in [-0.15, -0.1) is 0 Å². The van der Waals surface area contributed by atoms with Gasteiger partial charge in [-0.25, -0.2) is 0 Å². The molecule has 0 saturated heterocycles. The molecule has 0 fully saturated rings. The summed E-state index contributed by atoms with van der Waals surface area (Å²) >= 11 is 0. The molecule has 94 valence electrons. The van der Waals surface area contributed by atoms with Gasteiger partial charge in [0.05, 0.1) is 7.11 Å². The lowest BCUT2D eigenvalue weighted by Crippen LogP contribution is -2.53. The fraction of sp³-hybridized carbons (Fsp3) is 0.462. The van der Waals surface area contributed by atoms with E-state index in [1.165, 1.54) is 12.7 Å². The Morgan fingerprint density at radius 1 is 1.41 bits per heavy atom. The predicted octanol–water partition coefficient (Wildman–Crippen LogP) is 1.32. The highest BCUT2D eigenvalue weighted by molar-refractivity contribution is 5.80. The lowest BCUT2D eigenvalue weighted by atomic mass is 10.0. The second-order valence-electron chi connectivity index (χ2n) is 4.60. The van der Waals surface area contributed by atoms with E-state index in [1.54, 1.807) is 6.92 Å². The van der Waals surface area contributed by atoms with Crippen molar-refractivity contribution in [3.05, 3.63) is 29.8 Å². The summed E-state index contributed by atoms with van der Waals surface area (Å²) in [4.78, 5) is 13.4. The van der Waals surface area contributed by atoms with Gasteiger partial charge >= 0.3 is 5.97 Å². The van der Waals surface area contributed by atoms with E-state index in [4.69, 9.17) is 5.73 Å². The molecule has 0 aliphatic rings. The van der Waals surface area contributed by atoms with Crippen LogP contribution in [-0.4, -0.2) is 32.2 Å². The third-order valence-corrected chi connectivity index (χ3v) is 2.69. The number of esters is 1. The minimum Gasteiger partial charge on any atom is -0.468 e. The van der Waals surface area contributed by atoms with Crippen LogP contribution in [0.5, 0.6) is 0 Å². The molecule has 0 amide bonds. The minimum atomic E-state index is -1.01. The molecule has 0 bridgehead atoms. The van der Waals surface area contributed by atoms with Crippen LogP contribution in [0.15, 0.2) is 24.3 Å². The first-order valence-electron chi connectivity index (χ1n) is 5.52. The van der Waals surface area contributed by atoms with Crippen LogP contribution in [-0.2, 0) is 9.53 Å². The van der Waals surface area contributed by atoms with Crippen LogP contribution in [0.3, 0.4) is 0 Å². The van der Waals surface area contributed by atoms with Crippen LogP contribution in [0, 0.1) is 6.92 Å². The van der Waals surface area contributed by atoms with Gasteiger partial charge in [-0.3, -0.25) is 4.79 Å². The number of ether oxygens (including phenoxy) is 1. The van der Waals surface area contributed by atoms with Crippen LogP contribution in [0.4, 0.5) is 5.69 Å². The van der Waals surface area contributed by atoms with Gasteiger partial charge in [-0.05, 0) is 26.0 Å². The molecule has 0 aliphatic carbocycles. The fourth-order valence-corrected chi connectivity index (χ4v) is 1.68. The summed E-state index contributed by atoms with van der Waals surface area (Å²) in [5.74, 6) is -0.406. The number of anilines is 1. The molecule has 1 atom stereocenters. The third kappa shape index (κ3) is 3.46. The third-order valence-electron chi connectivity index (χ3n) is 2.69. The average molecular weight is 236 g/mol. The Bertz CT molecular complexity index is 385. The van der Waals surface area contributed by atoms with Gasteiger partial charge in [-0.1, -0.05) is 17.7 Å². The smallest absolute Gasteiger partial charge is 0.327 e. The maximum absolute atomic E-state index is 11.5. The topological polar surface area (TPSA) is 55.6 Å². The van der Waals surface area contributed by atoms with Gasteiger partial charge < -0.3 is 15.4 Å². The normalized spacial score (nSPS) is 13.9. The van der Waals surface area contributed by atoms with Crippen LogP contribution in [0.25, 0.3) is 0 Å². The maximum Gasteiger partial charge on any atom is 0.327 e. The number of carbonyl (C=O) groups is 1. The largest absolute Gasteiger partial charge is 0.468 e. The van der Waals surface area contributed by atoms with Crippen molar-refractivity contribution in [1.29, 1.82) is 0 Å². The highest BCUT2D eigenvalue weighted by Crippen LogP contribution is 2.16. The van der Waals surface area contributed by atoms with Crippen molar-refractivity contribution in [3.63, 3.8) is 0 Å². The van der Waals surface area contributed by atoms with E-state index >= 15 is 0 Å². The van der Waals surface area contributed by atoms with E-state index in [0.717, 1.165) is 5.69 Å². The molecule has 0 aliphatic heterocycles. The Morgan fingerprint density at radius 3 is 2.41 bits per heavy atom. The van der Waals surface area contributed by atoms with Crippen LogP contribution in [0.2, 0.25) is 0 Å². The van der Waals surface area contributed by atoms with E-state index in [2.05, 4.69) is 4.74 Å². The van der Waals surface area contributed by atoms with Crippen molar-refractivity contribution in [2.24, 2.45) is 5.73 Å². The summed E-state index contributed by atoms with van der Waals surface area (Å²) in [6, 6.07) is 8.06. The van der Waals surface area contributed by atoms with Crippen molar-refractivity contribution in [2.45, 2.75) is 19.4 Å².